The number of aliphatic hydroxyl groups excluding tert-OH is 2. The third kappa shape index (κ3) is 2.76. The summed E-state index contributed by atoms with van der Waals surface area (Å²) in [5.74, 6) is 5.63. The molecule has 6 nitrogen and oxygen atoms in total. The summed E-state index contributed by atoms with van der Waals surface area (Å²) >= 11 is 0. The van der Waals surface area contributed by atoms with E-state index in [1.54, 1.807) is 0 Å². The first-order chi connectivity index (χ1) is 14.8. The summed E-state index contributed by atoms with van der Waals surface area (Å²) in [6, 6.07) is 0. The van der Waals surface area contributed by atoms with Crippen LogP contribution in [-0.4, -0.2) is 52.4 Å². The zero-order valence-electron chi connectivity index (χ0n) is 17.8. The van der Waals surface area contributed by atoms with Crippen LogP contribution in [-0.2, 0) is 9.59 Å². The first-order valence-corrected chi connectivity index (χ1v) is 11.5. The summed E-state index contributed by atoms with van der Waals surface area (Å²) in [4.78, 5) is 25.1. The Kier molecular flexibility index (Phi) is 4.75. The number of allylic oxidation sites excluding steroid dienone is 2. The van der Waals surface area contributed by atoms with E-state index in [1.807, 2.05) is 0 Å². The first kappa shape index (κ1) is 20.9. The van der Waals surface area contributed by atoms with Crippen LogP contribution in [0.15, 0.2) is 23.8 Å². The van der Waals surface area contributed by atoms with Gasteiger partial charge in [0.2, 0.25) is 5.91 Å². The average Bonchev–Trinajstić information content (AvgIpc) is 3.42. The van der Waals surface area contributed by atoms with Crippen LogP contribution in [0.1, 0.15) is 44.9 Å². The number of rotatable bonds is 7. The smallest absolute Gasteiger partial charge is 0.224 e. The fraction of sp³-hybridized carbons (Fsp3) is 0.680. The van der Waals surface area contributed by atoms with Gasteiger partial charge in [-0.05, 0) is 61.9 Å². The van der Waals surface area contributed by atoms with Gasteiger partial charge in [-0.2, -0.15) is 0 Å². The molecule has 0 radical (unpaired) electrons. The van der Waals surface area contributed by atoms with E-state index >= 15 is 0 Å². The third-order valence-corrected chi connectivity index (χ3v) is 8.89. The monoisotopic (exact) mass is 425 g/mol. The maximum Gasteiger partial charge on any atom is 0.224 e. The summed E-state index contributed by atoms with van der Waals surface area (Å²) in [6.45, 7) is 4.76. The predicted octanol–water partition coefficient (Wildman–Crippen LogP) is 1.11. The number of nitrogens with one attached hydrogen (secondary N) is 1. The Hall–Kier alpha value is -1.94. The van der Waals surface area contributed by atoms with Crippen LogP contribution in [0.25, 0.3) is 0 Å². The summed E-state index contributed by atoms with van der Waals surface area (Å²) < 4.78 is 0. The minimum absolute atomic E-state index is 0.0496. The Labute approximate surface area is 182 Å². The van der Waals surface area contributed by atoms with Crippen molar-refractivity contribution in [2.45, 2.75) is 56.7 Å². The summed E-state index contributed by atoms with van der Waals surface area (Å²) in [6.07, 6.45) is 6.10. The molecule has 4 N–H and O–H groups in total. The highest BCUT2D eigenvalue weighted by Gasteiger charge is 2.73. The van der Waals surface area contributed by atoms with Gasteiger partial charge in [-0.15, -0.1) is 0 Å². The van der Waals surface area contributed by atoms with Gasteiger partial charge in [0, 0.05) is 25.0 Å². The molecule has 1 unspecified atom stereocenters. The highest BCUT2D eigenvalue weighted by atomic mass is 16.3. The number of hydrogen-bond donors (Lipinski definition) is 4. The fourth-order valence-electron chi connectivity index (χ4n) is 7.51. The van der Waals surface area contributed by atoms with Crippen molar-refractivity contribution in [3.63, 3.8) is 0 Å². The predicted molar refractivity (Wildman–Crippen MR) is 113 cm³/mol. The second-order valence-electron chi connectivity index (χ2n) is 10.3. The summed E-state index contributed by atoms with van der Waals surface area (Å²) in [5, 5.41) is 33.8. The van der Waals surface area contributed by atoms with E-state index in [0.29, 0.717) is 51.4 Å². The minimum atomic E-state index is -1.12. The fourth-order valence-corrected chi connectivity index (χ4v) is 7.51. The molecule has 0 aromatic carbocycles. The number of amides is 1. The Balaban J connectivity index is 1.55. The van der Waals surface area contributed by atoms with Crippen LogP contribution < -0.4 is 5.32 Å². The lowest BCUT2D eigenvalue weighted by molar-refractivity contribution is -0.134. The van der Waals surface area contributed by atoms with Gasteiger partial charge in [-0.1, -0.05) is 30.1 Å². The van der Waals surface area contributed by atoms with Gasteiger partial charge in [0.15, 0.2) is 0 Å². The van der Waals surface area contributed by atoms with Crippen molar-refractivity contribution in [2.75, 3.05) is 13.2 Å². The van der Waals surface area contributed by atoms with Crippen molar-refractivity contribution < 1.29 is 24.9 Å². The normalized spacial score (nSPS) is 41.5. The van der Waals surface area contributed by atoms with E-state index in [2.05, 4.69) is 29.8 Å². The maximum atomic E-state index is 13.7. The molecule has 1 amide bonds. The third-order valence-electron chi connectivity index (χ3n) is 8.89. The molecule has 7 atom stereocenters. The average molecular weight is 426 g/mol. The molecule has 0 aromatic heterocycles. The molecule has 3 saturated carbocycles. The van der Waals surface area contributed by atoms with Crippen molar-refractivity contribution in [1.82, 2.24) is 5.32 Å². The van der Waals surface area contributed by atoms with E-state index < -0.39 is 28.5 Å². The molecule has 5 aliphatic carbocycles. The van der Waals surface area contributed by atoms with Crippen LogP contribution in [0.4, 0.5) is 0 Å². The SMILES string of the molecule is C=C1C[C@]23C[C@@]1(O)CC[C@H]2C1=CC[C@H](C(O)C=O)C2(C#C2)[C@H]1[C@@H]3C(=O)NCCCCO. The number of aldehydes is 1. The molecule has 5 rings (SSSR count). The molecule has 0 aliphatic heterocycles. The summed E-state index contributed by atoms with van der Waals surface area (Å²) in [7, 11) is 0. The highest BCUT2D eigenvalue weighted by molar-refractivity contribution is 5.83. The summed E-state index contributed by atoms with van der Waals surface area (Å²) in [5.41, 5.74) is 0.0358. The molecule has 0 aromatic rings. The lowest BCUT2D eigenvalue weighted by Crippen LogP contribution is -2.49. The van der Waals surface area contributed by atoms with E-state index in [9.17, 15) is 19.8 Å². The Morgan fingerprint density at radius 1 is 1.39 bits per heavy atom. The van der Waals surface area contributed by atoms with Gasteiger partial charge in [0.1, 0.15) is 17.8 Å². The highest BCUT2D eigenvalue weighted by Crippen LogP contribution is 2.74. The second-order valence-corrected chi connectivity index (χ2v) is 10.3. The number of aliphatic hydroxyl groups is 3. The maximum absolute atomic E-state index is 13.7. The van der Waals surface area contributed by atoms with Crippen molar-refractivity contribution in [3.8, 4) is 11.8 Å². The Morgan fingerprint density at radius 2 is 2.16 bits per heavy atom. The lowest BCUT2D eigenvalue weighted by Gasteiger charge is -2.42. The van der Waals surface area contributed by atoms with Crippen LogP contribution in [0, 0.1) is 46.3 Å². The topological polar surface area (TPSA) is 107 Å². The van der Waals surface area contributed by atoms with Gasteiger partial charge < -0.3 is 25.4 Å². The van der Waals surface area contributed by atoms with E-state index in [-0.39, 0.29) is 30.3 Å². The molecule has 6 heteroatoms. The lowest BCUT2D eigenvalue weighted by atomic mass is 9.60. The van der Waals surface area contributed by atoms with Gasteiger partial charge in [-0.25, -0.2) is 0 Å². The molecule has 5 aliphatic rings. The molecule has 31 heavy (non-hydrogen) atoms. The molecule has 2 spiro atoms. The van der Waals surface area contributed by atoms with E-state index in [4.69, 9.17) is 5.11 Å². The van der Waals surface area contributed by atoms with E-state index in [0.717, 1.165) is 12.0 Å². The molecule has 3 fully saturated rings. The molecular weight excluding hydrogens is 394 g/mol. The van der Waals surface area contributed by atoms with Crippen molar-refractivity contribution in [1.29, 1.82) is 0 Å². The van der Waals surface area contributed by atoms with E-state index in [1.165, 1.54) is 5.57 Å². The van der Waals surface area contributed by atoms with Gasteiger partial charge in [0.25, 0.3) is 0 Å². The Bertz CT molecular complexity index is 920. The minimum Gasteiger partial charge on any atom is -0.396 e. The zero-order valence-corrected chi connectivity index (χ0v) is 17.8. The Morgan fingerprint density at radius 3 is 2.84 bits per heavy atom. The van der Waals surface area contributed by atoms with Crippen molar-refractivity contribution in [3.05, 3.63) is 23.8 Å². The van der Waals surface area contributed by atoms with Gasteiger partial charge in [0.05, 0.1) is 11.5 Å². The molecule has 2 bridgehead atoms. The van der Waals surface area contributed by atoms with Crippen molar-refractivity contribution >= 4 is 12.2 Å². The number of carbonyl (C=O) groups excluding carboxylic acids is 2. The number of hydrogen-bond acceptors (Lipinski definition) is 5. The molecule has 166 valence electrons. The zero-order chi connectivity index (χ0) is 22.0. The second kappa shape index (κ2) is 7.03. The number of unbranched alkanes of at least 4 members (excludes halogenated alkanes) is 1. The van der Waals surface area contributed by atoms with Crippen LogP contribution in [0.5, 0.6) is 0 Å². The van der Waals surface area contributed by atoms with Gasteiger partial charge in [-0.3, -0.25) is 4.79 Å². The van der Waals surface area contributed by atoms with Crippen molar-refractivity contribution in [2.24, 2.45) is 34.5 Å². The molecule has 0 saturated heterocycles. The molecular formula is C25H31NO5. The molecule has 0 heterocycles. The standard InChI is InChI=1S/C25H31NO5/c1-15-12-24-14-25(15,31)7-6-17(24)16-4-5-18(19(29)13-28)23(8-9-23)20(16)21(24)22(30)26-10-2-3-11-27/h4,13,17-21,27,29,31H,1-3,5-7,10-12,14H2,(H,26,30)/t17-,18+,19?,20+,21+,24-,25-/m0/s1. The number of fused-ring (bicyclic) bond motifs is 4. The van der Waals surface area contributed by atoms with Gasteiger partial charge >= 0.3 is 0 Å². The van der Waals surface area contributed by atoms with Crippen LogP contribution >= 0.6 is 0 Å². The largest absolute Gasteiger partial charge is 0.396 e. The number of carbonyl (C=O) groups is 2. The quantitative estimate of drug-likeness (QED) is 0.212. The van der Waals surface area contributed by atoms with Crippen LogP contribution in [0.2, 0.25) is 0 Å². The first-order valence-electron chi connectivity index (χ1n) is 11.5. The van der Waals surface area contributed by atoms with Crippen LogP contribution in [0.3, 0.4) is 0 Å².